The number of hydrogen-bond donors (Lipinski definition) is 4. The summed E-state index contributed by atoms with van der Waals surface area (Å²) in [6, 6.07) is 5.88. The van der Waals surface area contributed by atoms with Crippen molar-refractivity contribution in [3.05, 3.63) is 41.5 Å². The monoisotopic (exact) mass is 640 g/mol. The minimum Gasteiger partial charge on any atom is -0.379 e. The van der Waals surface area contributed by atoms with Gasteiger partial charge in [-0.3, -0.25) is 14.4 Å². The van der Waals surface area contributed by atoms with E-state index in [2.05, 4.69) is 48.1 Å². The Labute approximate surface area is 272 Å². The van der Waals surface area contributed by atoms with E-state index in [9.17, 15) is 19.2 Å². The topological polar surface area (TPSA) is 151 Å². The molecule has 0 radical (unpaired) electrons. The zero-order chi connectivity index (χ0) is 33.9. The molecule has 254 valence electrons. The molecule has 2 aliphatic heterocycles. The number of amides is 4. The highest BCUT2D eigenvalue weighted by molar-refractivity contribution is 5.97. The number of methoxy groups -OCH3 is 1. The number of nitrogens with one attached hydrogen (secondary N) is 4. The zero-order valence-corrected chi connectivity index (χ0v) is 28.6. The van der Waals surface area contributed by atoms with E-state index in [1.807, 2.05) is 32.9 Å². The summed E-state index contributed by atoms with van der Waals surface area (Å²) in [7, 11) is 1.69. The van der Waals surface area contributed by atoms with E-state index in [1.165, 1.54) is 5.57 Å². The highest BCUT2D eigenvalue weighted by atomic mass is 16.6. The molecule has 3 aliphatic rings. The largest absolute Gasteiger partial charge is 0.379 e. The van der Waals surface area contributed by atoms with E-state index >= 15 is 0 Å². The molecular weight excluding hydrogens is 588 g/mol. The van der Waals surface area contributed by atoms with Gasteiger partial charge in [0.15, 0.2) is 0 Å². The second-order valence-corrected chi connectivity index (χ2v) is 14.5. The van der Waals surface area contributed by atoms with Crippen molar-refractivity contribution in [1.29, 1.82) is 0 Å². The number of rotatable bonds is 13. The molecule has 3 fully saturated rings. The van der Waals surface area contributed by atoms with Crippen molar-refractivity contribution in [3.63, 3.8) is 0 Å². The van der Waals surface area contributed by atoms with E-state index in [0.29, 0.717) is 18.8 Å². The van der Waals surface area contributed by atoms with Crippen LogP contribution in [0.1, 0.15) is 86.1 Å². The average Bonchev–Trinajstić information content (AvgIpc) is 3.91. The van der Waals surface area contributed by atoms with Crippen LogP contribution in [-0.2, 0) is 35.1 Å². The number of hydrogen-bond acceptors (Lipinski definition) is 7. The number of carbonyl (C=O) groups is 4. The second-order valence-electron chi connectivity index (χ2n) is 14.5. The molecule has 1 aromatic rings. The first-order valence-electron chi connectivity index (χ1n) is 16.3. The summed E-state index contributed by atoms with van der Waals surface area (Å²) >= 11 is 0. The molecule has 1 aliphatic carbocycles. The smallest absolute Gasteiger partial charge is 0.315 e. The molecule has 0 aromatic heterocycles. The molecule has 1 spiro atoms. The van der Waals surface area contributed by atoms with Crippen LogP contribution in [0.15, 0.2) is 35.9 Å². The number of epoxide rings is 2. The number of ketones is 1. The minimum atomic E-state index is -0.767. The minimum absolute atomic E-state index is 0.00256. The molecule has 11 heteroatoms. The van der Waals surface area contributed by atoms with E-state index in [4.69, 9.17) is 14.2 Å². The summed E-state index contributed by atoms with van der Waals surface area (Å²) in [6.45, 7) is 14.3. The van der Waals surface area contributed by atoms with Gasteiger partial charge in [-0.25, -0.2) is 4.79 Å². The Bertz CT molecular complexity index is 1310. The Kier molecular flexibility index (Phi) is 11.0. The van der Waals surface area contributed by atoms with Crippen LogP contribution in [-0.4, -0.2) is 72.8 Å². The first-order valence-corrected chi connectivity index (χ1v) is 16.3. The normalized spacial score (nSPS) is 28.9. The predicted octanol–water partition coefficient (Wildman–Crippen LogP) is 4.40. The van der Waals surface area contributed by atoms with Crippen molar-refractivity contribution < 1.29 is 33.4 Å². The van der Waals surface area contributed by atoms with Crippen LogP contribution >= 0.6 is 0 Å². The van der Waals surface area contributed by atoms with Crippen LogP contribution in [0.25, 0.3) is 0 Å². The molecule has 4 rings (SSSR count). The summed E-state index contributed by atoms with van der Waals surface area (Å²) in [5, 5.41) is 11.5. The Morgan fingerprint density at radius 2 is 1.78 bits per heavy atom. The molecule has 1 saturated carbocycles. The van der Waals surface area contributed by atoms with Crippen molar-refractivity contribution in [2.75, 3.05) is 19.0 Å². The fraction of sp³-hybridized carbons (Fsp3) is 0.657. The zero-order valence-electron chi connectivity index (χ0n) is 28.6. The molecule has 2 saturated heterocycles. The predicted molar refractivity (Wildman–Crippen MR) is 175 cm³/mol. The van der Waals surface area contributed by atoms with Crippen molar-refractivity contribution in [1.82, 2.24) is 16.0 Å². The summed E-state index contributed by atoms with van der Waals surface area (Å²) < 4.78 is 18.3. The molecule has 0 bridgehead atoms. The molecule has 7 atom stereocenters. The molecule has 0 unspecified atom stereocenters. The molecule has 11 nitrogen and oxygen atoms in total. The quantitative estimate of drug-likeness (QED) is 0.184. The first kappa shape index (κ1) is 35.6. The Morgan fingerprint density at radius 3 is 2.37 bits per heavy atom. The third-order valence-corrected chi connectivity index (χ3v) is 9.47. The number of benzene rings is 1. The van der Waals surface area contributed by atoms with E-state index in [0.717, 1.165) is 24.8 Å². The third kappa shape index (κ3) is 8.74. The number of urea groups is 1. The molecule has 46 heavy (non-hydrogen) atoms. The molecule has 2 heterocycles. The van der Waals surface area contributed by atoms with Crippen LogP contribution in [0, 0.1) is 11.3 Å². The molecule has 4 amide bonds. The summed E-state index contributed by atoms with van der Waals surface area (Å²) in [6.07, 6.45) is 4.66. The Balaban J connectivity index is 1.23. The van der Waals surface area contributed by atoms with Crippen LogP contribution in [0.4, 0.5) is 10.5 Å². The average molecular weight is 641 g/mol. The van der Waals surface area contributed by atoms with Crippen molar-refractivity contribution in [2.45, 2.75) is 123 Å². The number of carbonyl (C=O) groups excluding carboxylic acids is 4. The van der Waals surface area contributed by atoms with Crippen molar-refractivity contribution in [2.24, 2.45) is 11.3 Å². The van der Waals surface area contributed by atoms with Gasteiger partial charge in [-0.2, -0.15) is 0 Å². The highest BCUT2D eigenvalue weighted by Gasteiger charge is 2.71. The fourth-order valence-corrected chi connectivity index (χ4v) is 6.48. The standard InChI is InChI=1S/C35H52N4O7/c1-21(2)9-15-27-34(7,46-27)30-29(44-8)25(17-18-35(30)20-45-35)39-32(43)36-19-23-10-12-24(13-11-23)38-31(42)22(3)37-28(41)16-14-26(40)33(4,5)6/h9-13,22,25,27,29-30H,14-20H2,1-8H3,(H,37,41)(H,38,42)(H2,36,39,43)/t22-,25+,27+,29+,30+,34-,35-/m0/s1. The summed E-state index contributed by atoms with van der Waals surface area (Å²) in [4.78, 5) is 49.9. The molecule has 4 N–H and O–H groups in total. The van der Waals surface area contributed by atoms with E-state index in [1.54, 1.807) is 26.2 Å². The maximum absolute atomic E-state index is 13.0. The number of Topliss-reactive ketones (excluding diaryl/α,β-unsaturated/α-hetero) is 1. The van der Waals surface area contributed by atoms with Gasteiger partial charge in [0.25, 0.3) is 0 Å². The maximum atomic E-state index is 13.0. The SMILES string of the molecule is CO[C@@H]1[C@H](NC(=O)NCc2ccc(NC(=O)[C@H](C)NC(=O)CCC(=O)C(C)(C)C)cc2)CC[C@]2(CO2)[C@H]1[C@@]1(C)O[C@@H]1CC=C(C)C. The molecular formula is C35H52N4O7. The lowest BCUT2D eigenvalue weighted by molar-refractivity contribution is -0.130. The van der Waals surface area contributed by atoms with Gasteiger partial charge in [-0.15, -0.1) is 0 Å². The number of anilines is 1. The summed E-state index contributed by atoms with van der Waals surface area (Å²) in [5.74, 6) is -0.709. The van der Waals surface area contributed by atoms with E-state index < -0.39 is 11.5 Å². The van der Waals surface area contributed by atoms with Crippen LogP contribution < -0.4 is 21.3 Å². The van der Waals surface area contributed by atoms with Gasteiger partial charge in [-0.05, 0) is 64.7 Å². The number of ether oxygens (including phenoxy) is 3. The van der Waals surface area contributed by atoms with Gasteiger partial charge in [-0.1, -0.05) is 44.6 Å². The van der Waals surface area contributed by atoms with Gasteiger partial charge in [0, 0.05) is 43.5 Å². The highest BCUT2D eigenvalue weighted by Crippen LogP contribution is 2.59. The van der Waals surface area contributed by atoms with Gasteiger partial charge >= 0.3 is 6.03 Å². The van der Waals surface area contributed by atoms with Gasteiger partial charge in [0.05, 0.1) is 30.5 Å². The Hall–Kier alpha value is -3.28. The van der Waals surface area contributed by atoms with Crippen LogP contribution in [0.2, 0.25) is 0 Å². The van der Waals surface area contributed by atoms with Crippen LogP contribution in [0.5, 0.6) is 0 Å². The summed E-state index contributed by atoms with van der Waals surface area (Å²) in [5.41, 5.74) is 1.55. The van der Waals surface area contributed by atoms with Crippen molar-refractivity contribution in [3.8, 4) is 0 Å². The molecule has 1 aromatic carbocycles. The van der Waals surface area contributed by atoms with Gasteiger partial charge in [0.2, 0.25) is 11.8 Å². The van der Waals surface area contributed by atoms with Crippen LogP contribution in [0.3, 0.4) is 0 Å². The van der Waals surface area contributed by atoms with E-state index in [-0.39, 0.29) is 71.8 Å². The lowest BCUT2D eigenvalue weighted by atomic mass is 9.67. The number of allylic oxidation sites excluding steroid dienone is 1. The Morgan fingerprint density at radius 1 is 1.11 bits per heavy atom. The maximum Gasteiger partial charge on any atom is 0.315 e. The van der Waals surface area contributed by atoms with Crippen molar-refractivity contribution >= 4 is 29.3 Å². The lowest BCUT2D eigenvalue weighted by Gasteiger charge is -2.43. The van der Waals surface area contributed by atoms with Gasteiger partial charge < -0.3 is 35.5 Å². The first-order chi connectivity index (χ1) is 21.6. The lowest BCUT2D eigenvalue weighted by Crippen LogP contribution is -2.60. The third-order valence-electron chi connectivity index (χ3n) is 9.47. The second kappa shape index (κ2) is 14.2. The fourth-order valence-electron chi connectivity index (χ4n) is 6.48. The van der Waals surface area contributed by atoms with Gasteiger partial charge in [0.1, 0.15) is 17.4 Å².